The normalized spacial score (nSPS) is 25.5. The third kappa shape index (κ3) is 3.32. The van der Waals surface area contributed by atoms with Crippen LogP contribution in [0.4, 0.5) is 10.1 Å². The molecule has 2 bridgehead atoms. The van der Waals surface area contributed by atoms with E-state index < -0.39 is 0 Å². The summed E-state index contributed by atoms with van der Waals surface area (Å²) in [6.07, 6.45) is 4.58. The summed E-state index contributed by atoms with van der Waals surface area (Å²) in [5, 5.41) is 3.48. The van der Waals surface area contributed by atoms with Gasteiger partial charge in [0.05, 0.1) is 12.2 Å². The lowest BCUT2D eigenvalue weighted by atomic mass is 9.89. The molecule has 0 aliphatic carbocycles. The van der Waals surface area contributed by atoms with Crippen LogP contribution in [0.5, 0.6) is 11.5 Å². The summed E-state index contributed by atoms with van der Waals surface area (Å²) in [7, 11) is 0. The SMILES string of the molecule is Fc1ccc(Oc2ccc(NCC3CC4CCC3O4)cc2)cc1. The molecule has 2 aromatic carbocycles. The monoisotopic (exact) mass is 313 g/mol. The van der Waals surface area contributed by atoms with E-state index in [2.05, 4.69) is 5.32 Å². The Morgan fingerprint density at radius 2 is 1.70 bits per heavy atom. The van der Waals surface area contributed by atoms with Gasteiger partial charge >= 0.3 is 0 Å². The standard InChI is InChI=1S/C19H20FNO2/c20-14-1-5-16(6-2-14)22-17-7-3-15(4-8-17)21-12-13-11-18-9-10-19(13)23-18/h1-8,13,18-19,21H,9-12H2. The number of rotatable bonds is 5. The van der Waals surface area contributed by atoms with Crippen molar-refractivity contribution in [2.45, 2.75) is 31.5 Å². The van der Waals surface area contributed by atoms with Gasteiger partial charge < -0.3 is 14.8 Å². The second-order valence-corrected chi connectivity index (χ2v) is 6.33. The van der Waals surface area contributed by atoms with Crippen LogP contribution in [0.15, 0.2) is 48.5 Å². The average molecular weight is 313 g/mol. The highest BCUT2D eigenvalue weighted by molar-refractivity contribution is 5.47. The van der Waals surface area contributed by atoms with Crippen molar-refractivity contribution in [1.82, 2.24) is 0 Å². The molecule has 2 saturated heterocycles. The number of anilines is 1. The summed E-state index contributed by atoms with van der Waals surface area (Å²) in [6.45, 7) is 0.958. The van der Waals surface area contributed by atoms with Crippen LogP contribution in [0.3, 0.4) is 0 Å². The fraction of sp³-hybridized carbons (Fsp3) is 0.368. The summed E-state index contributed by atoms with van der Waals surface area (Å²) in [5.74, 6) is 1.74. The van der Waals surface area contributed by atoms with Gasteiger partial charge in [-0.25, -0.2) is 4.39 Å². The molecular weight excluding hydrogens is 293 g/mol. The van der Waals surface area contributed by atoms with Gasteiger partial charge in [-0.1, -0.05) is 0 Å². The topological polar surface area (TPSA) is 30.5 Å². The third-order valence-corrected chi connectivity index (χ3v) is 4.70. The highest BCUT2D eigenvalue weighted by atomic mass is 19.1. The molecule has 4 rings (SSSR count). The van der Waals surface area contributed by atoms with Gasteiger partial charge in [0.1, 0.15) is 17.3 Å². The van der Waals surface area contributed by atoms with Gasteiger partial charge in [-0.15, -0.1) is 0 Å². The summed E-state index contributed by atoms with van der Waals surface area (Å²) in [4.78, 5) is 0. The number of hydrogen-bond donors (Lipinski definition) is 1. The van der Waals surface area contributed by atoms with Gasteiger partial charge in [0.25, 0.3) is 0 Å². The van der Waals surface area contributed by atoms with Crippen molar-refractivity contribution in [3.63, 3.8) is 0 Å². The first-order valence-electron chi connectivity index (χ1n) is 8.19. The maximum atomic E-state index is 12.9. The molecule has 4 heteroatoms. The van der Waals surface area contributed by atoms with Crippen molar-refractivity contribution in [2.24, 2.45) is 5.92 Å². The van der Waals surface area contributed by atoms with E-state index in [1.54, 1.807) is 12.1 Å². The molecule has 0 radical (unpaired) electrons. The first-order chi connectivity index (χ1) is 11.3. The van der Waals surface area contributed by atoms with Crippen LogP contribution in [0.1, 0.15) is 19.3 Å². The Labute approximate surface area is 135 Å². The molecule has 0 aromatic heterocycles. The van der Waals surface area contributed by atoms with Gasteiger partial charge in [0.15, 0.2) is 0 Å². The van der Waals surface area contributed by atoms with Gasteiger partial charge in [-0.2, -0.15) is 0 Å². The van der Waals surface area contributed by atoms with E-state index in [0.29, 0.717) is 23.9 Å². The van der Waals surface area contributed by atoms with Gasteiger partial charge in [0.2, 0.25) is 0 Å². The number of ether oxygens (including phenoxy) is 2. The quantitative estimate of drug-likeness (QED) is 0.875. The van der Waals surface area contributed by atoms with Crippen molar-refractivity contribution in [3.8, 4) is 11.5 Å². The molecule has 23 heavy (non-hydrogen) atoms. The largest absolute Gasteiger partial charge is 0.457 e. The Morgan fingerprint density at radius 1 is 1.00 bits per heavy atom. The Kier molecular flexibility index (Phi) is 3.92. The number of hydrogen-bond acceptors (Lipinski definition) is 3. The molecule has 2 aliphatic heterocycles. The minimum absolute atomic E-state index is 0.263. The molecule has 3 atom stereocenters. The maximum absolute atomic E-state index is 12.9. The van der Waals surface area contributed by atoms with Gasteiger partial charge in [0, 0.05) is 18.2 Å². The minimum Gasteiger partial charge on any atom is -0.457 e. The van der Waals surface area contributed by atoms with Crippen LogP contribution >= 0.6 is 0 Å². The smallest absolute Gasteiger partial charge is 0.127 e. The number of benzene rings is 2. The molecule has 0 spiro atoms. The Balaban J connectivity index is 1.32. The van der Waals surface area contributed by atoms with E-state index in [1.165, 1.54) is 31.4 Å². The zero-order chi connectivity index (χ0) is 15.6. The van der Waals surface area contributed by atoms with Crippen molar-refractivity contribution in [1.29, 1.82) is 0 Å². The van der Waals surface area contributed by atoms with E-state index >= 15 is 0 Å². The zero-order valence-corrected chi connectivity index (χ0v) is 12.9. The van der Waals surface area contributed by atoms with Crippen molar-refractivity contribution in [2.75, 3.05) is 11.9 Å². The van der Waals surface area contributed by atoms with Gasteiger partial charge in [-0.3, -0.25) is 0 Å². The van der Waals surface area contributed by atoms with E-state index in [4.69, 9.17) is 9.47 Å². The van der Waals surface area contributed by atoms with Crippen LogP contribution in [-0.2, 0) is 4.74 Å². The third-order valence-electron chi connectivity index (χ3n) is 4.70. The average Bonchev–Trinajstić information content (AvgIpc) is 3.19. The summed E-state index contributed by atoms with van der Waals surface area (Å²) in [5.41, 5.74) is 1.08. The van der Waals surface area contributed by atoms with Crippen LogP contribution < -0.4 is 10.1 Å². The molecule has 2 aliphatic rings. The Bertz CT molecular complexity index is 656. The van der Waals surface area contributed by atoms with Crippen LogP contribution in [-0.4, -0.2) is 18.8 Å². The first-order valence-corrected chi connectivity index (χ1v) is 8.19. The fourth-order valence-corrected chi connectivity index (χ4v) is 3.49. The molecule has 0 amide bonds. The molecule has 2 heterocycles. The molecule has 2 fully saturated rings. The lowest BCUT2D eigenvalue weighted by Crippen LogP contribution is -2.24. The van der Waals surface area contributed by atoms with E-state index in [-0.39, 0.29) is 5.82 Å². The Morgan fingerprint density at radius 3 is 2.30 bits per heavy atom. The summed E-state index contributed by atoms with van der Waals surface area (Å²) in [6, 6.07) is 13.9. The second kappa shape index (κ2) is 6.20. The molecule has 1 N–H and O–H groups in total. The summed E-state index contributed by atoms with van der Waals surface area (Å²) >= 11 is 0. The molecule has 120 valence electrons. The first kappa shape index (κ1) is 14.5. The Hall–Kier alpha value is -2.07. The van der Waals surface area contributed by atoms with E-state index in [1.807, 2.05) is 24.3 Å². The fourth-order valence-electron chi connectivity index (χ4n) is 3.49. The van der Waals surface area contributed by atoms with Crippen LogP contribution in [0.2, 0.25) is 0 Å². The highest BCUT2D eigenvalue weighted by Gasteiger charge is 2.40. The molecule has 0 saturated carbocycles. The molecule has 3 nitrogen and oxygen atoms in total. The molecule has 3 unspecified atom stereocenters. The van der Waals surface area contributed by atoms with Crippen molar-refractivity contribution >= 4 is 5.69 Å². The zero-order valence-electron chi connectivity index (χ0n) is 12.9. The maximum Gasteiger partial charge on any atom is 0.127 e. The van der Waals surface area contributed by atoms with Gasteiger partial charge in [-0.05, 0) is 67.8 Å². The number of halogens is 1. The predicted molar refractivity (Wildman–Crippen MR) is 87.4 cm³/mol. The molecule has 2 aromatic rings. The number of nitrogens with one attached hydrogen (secondary N) is 1. The van der Waals surface area contributed by atoms with E-state index in [9.17, 15) is 4.39 Å². The van der Waals surface area contributed by atoms with Crippen molar-refractivity contribution in [3.05, 3.63) is 54.3 Å². The molecular formula is C19H20FNO2. The lowest BCUT2D eigenvalue weighted by molar-refractivity contribution is 0.0941. The predicted octanol–water partition coefficient (Wildman–Crippen LogP) is 4.60. The van der Waals surface area contributed by atoms with E-state index in [0.717, 1.165) is 18.0 Å². The highest BCUT2D eigenvalue weighted by Crippen LogP contribution is 2.38. The van der Waals surface area contributed by atoms with Crippen LogP contribution in [0.25, 0.3) is 0 Å². The lowest BCUT2D eigenvalue weighted by Gasteiger charge is -2.19. The summed E-state index contributed by atoms with van der Waals surface area (Å²) < 4.78 is 24.4. The minimum atomic E-state index is -0.263. The van der Waals surface area contributed by atoms with Crippen molar-refractivity contribution < 1.29 is 13.9 Å². The second-order valence-electron chi connectivity index (χ2n) is 6.33. The van der Waals surface area contributed by atoms with Crippen LogP contribution in [0, 0.1) is 11.7 Å². The number of fused-ring (bicyclic) bond motifs is 2.